The molecule has 1 aromatic rings. The predicted molar refractivity (Wildman–Crippen MR) is 94.4 cm³/mol. The van der Waals surface area contributed by atoms with E-state index < -0.39 is 23.1 Å². The van der Waals surface area contributed by atoms with E-state index in [9.17, 15) is 9.59 Å². The number of amides is 2. The first kappa shape index (κ1) is 20.0. The molecular formula is C18H29N3O3. The van der Waals surface area contributed by atoms with E-state index in [0.717, 1.165) is 5.56 Å². The van der Waals surface area contributed by atoms with Gasteiger partial charge in [0.15, 0.2) is 0 Å². The molecule has 0 aliphatic rings. The zero-order valence-corrected chi connectivity index (χ0v) is 15.5. The lowest BCUT2D eigenvalue weighted by Gasteiger charge is -2.39. The number of benzene rings is 1. The van der Waals surface area contributed by atoms with Gasteiger partial charge in [-0.2, -0.15) is 0 Å². The van der Waals surface area contributed by atoms with Gasteiger partial charge in [0, 0.05) is 13.6 Å². The smallest absolute Gasteiger partial charge is 0.410 e. The highest BCUT2D eigenvalue weighted by molar-refractivity contribution is 5.85. The monoisotopic (exact) mass is 335 g/mol. The van der Waals surface area contributed by atoms with Crippen LogP contribution in [-0.2, 0) is 16.1 Å². The van der Waals surface area contributed by atoms with Crippen LogP contribution in [0.4, 0.5) is 4.79 Å². The molecule has 0 saturated carbocycles. The largest absolute Gasteiger partial charge is 0.444 e. The Kier molecular flexibility index (Phi) is 6.37. The van der Waals surface area contributed by atoms with Gasteiger partial charge in [-0.1, -0.05) is 30.3 Å². The van der Waals surface area contributed by atoms with Gasteiger partial charge in [-0.15, -0.1) is 0 Å². The number of hydrogen-bond acceptors (Lipinski definition) is 4. The molecule has 1 atom stereocenters. The highest BCUT2D eigenvalue weighted by Crippen LogP contribution is 2.19. The molecule has 0 bridgehead atoms. The number of nitrogens with zero attached hydrogens (tertiary/aromatic N) is 2. The highest BCUT2D eigenvalue weighted by Gasteiger charge is 2.38. The van der Waals surface area contributed by atoms with Gasteiger partial charge in [-0.25, -0.2) is 4.79 Å². The van der Waals surface area contributed by atoms with Crippen LogP contribution in [0.2, 0.25) is 0 Å². The van der Waals surface area contributed by atoms with E-state index in [0.29, 0.717) is 6.54 Å². The molecule has 0 saturated heterocycles. The molecule has 2 amide bonds. The Morgan fingerprint density at radius 1 is 1.08 bits per heavy atom. The lowest BCUT2D eigenvalue weighted by atomic mass is 9.98. The van der Waals surface area contributed by atoms with Crippen LogP contribution in [0.5, 0.6) is 0 Å². The van der Waals surface area contributed by atoms with Crippen LogP contribution >= 0.6 is 0 Å². The quantitative estimate of drug-likeness (QED) is 0.865. The fourth-order valence-corrected chi connectivity index (χ4v) is 2.28. The van der Waals surface area contributed by atoms with Crippen molar-refractivity contribution in [3.05, 3.63) is 35.9 Å². The molecular weight excluding hydrogens is 306 g/mol. The fraction of sp³-hybridized carbons (Fsp3) is 0.556. The predicted octanol–water partition coefficient (Wildman–Crippen LogP) is 2.23. The molecule has 0 radical (unpaired) electrons. The summed E-state index contributed by atoms with van der Waals surface area (Å²) < 4.78 is 5.34. The maximum Gasteiger partial charge on any atom is 0.410 e. The first-order valence-electron chi connectivity index (χ1n) is 7.95. The minimum absolute atomic E-state index is 0.139. The van der Waals surface area contributed by atoms with E-state index in [1.165, 1.54) is 4.90 Å². The lowest BCUT2D eigenvalue weighted by Crippen LogP contribution is -2.60. The molecule has 134 valence electrons. The molecule has 0 spiro atoms. The first-order valence-corrected chi connectivity index (χ1v) is 7.95. The summed E-state index contributed by atoms with van der Waals surface area (Å²) in [5.41, 5.74) is 5.10. The van der Waals surface area contributed by atoms with E-state index in [-0.39, 0.29) is 6.54 Å². The summed E-state index contributed by atoms with van der Waals surface area (Å²) >= 11 is 0. The Hall–Kier alpha value is -2.08. The van der Waals surface area contributed by atoms with Crippen molar-refractivity contribution in [3.8, 4) is 0 Å². The van der Waals surface area contributed by atoms with E-state index in [1.807, 2.05) is 42.3 Å². The number of ether oxygens (including phenoxy) is 1. The molecule has 1 unspecified atom stereocenters. The SMILES string of the molecule is CN(CC(C)(C(N)=O)N(C)Cc1ccccc1)C(=O)OC(C)(C)C. The second-order valence-corrected chi connectivity index (χ2v) is 7.32. The van der Waals surface area contributed by atoms with Crippen LogP contribution in [-0.4, -0.2) is 53.6 Å². The maximum atomic E-state index is 12.2. The van der Waals surface area contributed by atoms with Crippen molar-refractivity contribution >= 4 is 12.0 Å². The normalized spacial score (nSPS) is 14.1. The van der Waals surface area contributed by atoms with Crippen molar-refractivity contribution in [1.29, 1.82) is 0 Å². The Morgan fingerprint density at radius 2 is 1.62 bits per heavy atom. The Bertz CT molecular complexity index is 569. The summed E-state index contributed by atoms with van der Waals surface area (Å²) in [7, 11) is 3.42. The Labute approximate surface area is 144 Å². The summed E-state index contributed by atoms with van der Waals surface area (Å²) in [6.45, 7) is 7.82. The lowest BCUT2D eigenvalue weighted by molar-refractivity contribution is -0.129. The van der Waals surface area contributed by atoms with Gasteiger partial charge >= 0.3 is 6.09 Å². The average Bonchev–Trinajstić information content (AvgIpc) is 2.45. The molecule has 0 heterocycles. The van der Waals surface area contributed by atoms with Crippen molar-refractivity contribution in [2.75, 3.05) is 20.6 Å². The van der Waals surface area contributed by atoms with Crippen molar-refractivity contribution in [2.45, 2.75) is 45.4 Å². The van der Waals surface area contributed by atoms with E-state index in [2.05, 4.69) is 0 Å². The molecule has 0 aromatic heterocycles. The second-order valence-electron chi connectivity index (χ2n) is 7.32. The third-order valence-electron chi connectivity index (χ3n) is 3.89. The van der Waals surface area contributed by atoms with Gasteiger partial charge in [-0.3, -0.25) is 9.69 Å². The van der Waals surface area contributed by atoms with Crippen LogP contribution in [0.3, 0.4) is 0 Å². The van der Waals surface area contributed by atoms with Gasteiger partial charge in [0.2, 0.25) is 5.91 Å². The molecule has 24 heavy (non-hydrogen) atoms. The number of likely N-dealkylation sites (N-methyl/N-ethyl adjacent to an activating group) is 2. The summed E-state index contributed by atoms with van der Waals surface area (Å²) in [4.78, 5) is 27.5. The van der Waals surface area contributed by atoms with Gasteiger partial charge in [-0.05, 0) is 40.3 Å². The van der Waals surface area contributed by atoms with Gasteiger partial charge in [0.05, 0.1) is 6.54 Å². The average molecular weight is 335 g/mol. The number of nitrogens with two attached hydrogens (primary N) is 1. The molecule has 0 fully saturated rings. The standard InChI is InChI=1S/C18H29N3O3/c1-17(2,3)24-16(23)20(5)13-18(4,15(19)22)21(6)12-14-10-8-7-9-11-14/h7-11H,12-13H2,1-6H3,(H2,19,22). The van der Waals surface area contributed by atoms with Crippen LogP contribution in [0.25, 0.3) is 0 Å². The van der Waals surface area contributed by atoms with Gasteiger partial charge in [0.1, 0.15) is 11.1 Å². The molecule has 6 heteroatoms. The van der Waals surface area contributed by atoms with Crippen molar-refractivity contribution in [2.24, 2.45) is 5.73 Å². The summed E-state index contributed by atoms with van der Waals surface area (Å²) in [5, 5.41) is 0. The van der Waals surface area contributed by atoms with E-state index >= 15 is 0 Å². The summed E-state index contributed by atoms with van der Waals surface area (Å²) in [5.74, 6) is -0.490. The Morgan fingerprint density at radius 3 is 2.08 bits per heavy atom. The van der Waals surface area contributed by atoms with Crippen molar-refractivity contribution in [3.63, 3.8) is 0 Å². The first-order chi connectivity index (χ1) is 11.0. The minimum Gasteiger partial charge on any atom is -0.444 e. The summed E-state index contributed by atoms with van der Waals surface area (Å²) in [6.07, 6.45) is -0.483. The van der Waals surface area contributed by atoms with Crippen LogP contribution < -0.4 is 5.73 Å². The molecule has 1 rings (SSSR count). The molecule has 6 nitrogen and oxygen atoms in total. The van der Waals surface area contributed by atoms with Crippen molar-refractivity contribution < 1.29 is 14.3 Å². The van der Waals surface area contributed by atoms with Gasteiger partial charge < -0.3 is 15.4 Å². The van der Waals surface area contributed by atoms with Crippen LogP contribution in [0.1, 0.15) is 33.3 Å². The van der Waals surface area contributed by atoms with Crippen LogP contribution in [0, 0.1) is 0 Å². The van der Waals surface area contributed by atoms with E-state index in [1.54, 1.807) is 34.7 Å². The molecule has 2 N–H and O–H groups in total. The van der Waals surface area contributed by atoms with Crippen molar-refractivity contribution in [1.82, 2.24) is 9.80 Å². The molecule has 0 aliphatic heterocycles. The topological polar surface area (TPSA) is 75.9 Å². The zero-order valence-electron chi connectivity index (χ0n) is 15.5. The number of hydrogen-bond donors (Lipinski definition) is 1. The van der Waals surface area contributed by atoms with E-state index in [4.69, 9.17) is 10.5 Å². The maximum absolute atomic E-state index is 12.2. The third kappa shape index (κ3) is 5.53. The Balaban J connectivity index is 2.87. The fourth-order valence-electron chi connectivity index (χ4n) is 2.28. The van der Waals surface area contributed by atoms with Crippen LogP contribution in [0.15, 0.2) is 30.3 Å². The number of carbonyl (C=O) groups excluding carboxylic acids is 2. The molecule has 0 aliphatic carbocycles. The van der Waals surface area contributed by atoms with Gasteiger partial charge in [0.25, 0.3) is 0 Å². The number of rotatable bonds is 6. The second kappa shape index (κ2) is 7.66. The third-order valence-corrected chi connectivity index (χ3v) is 3.89. The molecule has 1 aromatic carbocycles. The summed E-state index contributed by atoms with van der Waals surface area (Å²) in [6, 6.07) is 9.78. The minimum atomic E-state index is -1.01. The highest BCUT2D eigenvalue weighted by atomic mass is 16.6. The number of primary amides is 1. The number of carbonyl (C=O) groups is 2. The zero-order chi connectivity index (χ0) is 18.5.